The van der Waals surface area contributed by atoms with Crippen LogP contribution in [0.25, 0.3) is 0 Å². The summed E-state index contributed by atoms with van der Waals surface area (Å²) < 4.78 is 0. The first kappa shape index (κ1) is 12.6. The molecule has 0 radical (unpaired) electrons. The zero-order valence-corrected chi connectivity index (χ0v) is 10.5. The summed E-state index contributed by atoms with van der Waals surface area (Å²) in [6.07, 6.45) is 5.53. The monoisotopic (exact) mass is 223 g/mol. The average molecular weight is 223 g/mol. The van der Waals surface area contributed by atoms with E-state index in [1.165, 1.54) is 23.3 Å². The van der Waals surface area contributed by atoms with Crippen LogP contribution in [0, 0.1) is 6.92 Å². The van der Waals surface area contributed by atoms with Crippen LogP contribution in [0.1, 0.15) is 24.0 Å². The highest BCUT2D eigenvalue weighted by molar-refractivity contribution is 7.98. The molecular weight excluding hydrogens is 202 g/mol. The van der Waals surface area contributed by atoms with Crippen molar-refractivity contribution in [2.45, 2.75) is 32.2 Å². The maximum absolute atomic E-state index is 6.11. The molecule has 84 valence electrons. The Morgan fingerprint density at radius 1 is 1.33 bits per heavy atom. The van der Waals surface area contributed by atoms with Crippen molar-refractivity contribution >= 4 is 11.8 Å². The molecule has 0 saturated carbocycles. The van der Waals surface area contributed by atoms with Gasteiger partial charge in [-0.15, -0.1) is 0 Å². The van der Waals surface area contributed by atoms with Gasteiger partial charge in [-0.05, 0) is 49.3 Å². The van der Waals surface area contributed by atoms with Crippen molar-refractivity contribution in [2.24, 2.45) is 5.73 Å². The van der Waals surface area contributed by atoms with Gasteiger partial charge >= 0.3 is 0 Å². The predicted octanol–water partition coefficient (Wildman–Crippen LogP) is 3.01. The third kappa shape index (κ3) is 4.72. The Morgan fingerprint density at radius 2 is 2.07 bits per heavy atom. The van der Waals surface area contributed by atoms with E-state index < -0.39 is 0 Å². The summed E-state index contributed by atoms with van der Waals surface area (Å²) in [6.45, 7) is 2.16. The van der Waals surface area contributed by atoms with Crippen LogP contribution in [-0.4, -0.2) is 18.1 Å². The standard InChI is InChI=1S/C13H21NS/c1-11-6-3-4-7-12(11)10-13(14)8-5-9-15-2/h3-4,6-7,13H,5,8-10,14H2,1-2H3. The third-order valence-electron chi connectivity index (χ3n) is 2.67. The molecule has 0 amide bonds. The minimum Gasteiger partial charge on any atom is -0.327 e. The van der Waals surface area contributed by atoms with Crippen molar-refractivity contribution in [3.8, 4) is 0 Å². The van der Waals surface area contributed by atoms with Gasteiger partial charge < -0.3 is 5.73 Å². The largest absolute Gasteiger partial charge is 0.327 e. The lowest BCUT2D eigenvalue weighted by Gasteiger charge is -2.12. The first-order valence-electron chi connectivity index (χ1n) is 5.53. The van der Waals surface area contributed by atoms with Crippen LogP contribution < -0.4 is 5.73 Å². The van der Waals surface area contributed by atoms with E-state index in [2.05, 4.69) is 37.4 Å². The minimum atomic E-state index is 0.318. The first-order chi connectivity index (χ1) is 7.24. The van der Waals surface area contributed by atoms with Gasteiger partial charge in [-0.1, -0.05) is 24.3 Å². The SMILES string of the molecule is CSCCCC(N)Cc1ccccc1C. The molecule has 0 bridgehead atoms. The van der Waals surface area contributed by atoms with Crippen LogP contribution in [0.15, 0.2) is 24.3 Å². The van der Waals surface area contributed by atoms with E-state index in [1.54, 1.807) is 0 Å². The minimum absolute atomic E-state index is 0.318. The van der Waals surface area contributed by atoms with Gasteiger partial charge in [0.25, 0.3) is 0 Å². The van der Waals surface area contributed by atoms with Crippen molar-refractivity contribution in [1.29, 1.82) is 0 Å². The number of thioether (sulfide) groups is 1. The molecule has 0 fully saturated rings. The zero-order chi connectivity index (χ0) is 11.1. The van der Waals surface area contributed by atoms with Crippen molar-refractivity contribution in [3.63, 3.8) is 0 Å². The highest BCUT2D eigenvalue weighted by Gasteiger charge is 2.05. The molecule has 1 aromatic rings. The molecule has 0 aliphatic rings. The van der Waals surface area contributed by atoms with Gasteiger partial charge in [-0.2, -0.15) is 11.8 Å². The molecule has 0 saturated heterocycles. The van der Waals surface area contributed by atoms with Crippen LogP contribution in [0.3, 0.4) is 0 Å². The van der Waals surface area contributed by atoms with Crippen LogP contribution in [-0.2, 0) is 6.42 Å². The number of benzene rings is 1. The summed E-state index contributed by atoms with van der Waals surface area (Å²) in [7, 11) is 0. The number of hydrogen-bond donors (Lipinski definition) is 1. The molecule has 2 N–H and O–H groups in total. The Labute approximate surface area is 97.4 Å². The molecule has 15 heavy (non-hydrogen) atoms. The molecular formula is C13H21NS. The fourth-order valence-corrected chi connectivity index (χ4v) is 2.17. The summed E-state index contributed by atoms with van der Waals surface area (Å²) in [6, 6.07) is 8.83. The highest BCUT2D eigenvalue weighted by atomic mass is 32.2. The molecule has 0 aliphatic heterocycles. The van der Waals surface area contributed by atoms with E-state index in [0.717, 1.165) is 12.8 Å². The molecule has 1 nitrogen and oxygen atoms in total. The molecule has 1 aromatic carbocycles. The Morgan fingerprint density at radius 3 is 2.73 bits per heavy atom. The van der Waals surface area contributed by atoms with Crippen molar-refractivity contribution in [2.75, 3.05) is 12.0 Å². The van der Waals surface area contributed by atoms with Gasteiger partial charge in [0, 0.05) is 6.04 Å². The second-order valence-corrected chi connectivity index (χ2v) is 5.01. The number of hydrogen-bond acceptors (Lipinski definition) is 2. The normalized spacial score (nSPS) is 12.7. The quantitative estimate of drug-likeness (QED) is 0.750. The summed E-state index contributed by atoms with van der Waals surface area (Å²) in [4.78, 5) is 0. The van der Waals surface area contributed by atoms with Crippen molar-refractivity contribution in [1.82, 2.24) is 0 Å². The molecule has 1 unspecified atom stereocenters. The van der Waals surface area contributed by atoms with E-state index in [4.69, 9.17) is 5.73 Å². The van der Waals surface area contributed by atoms with Crippen molar-refractivity contribution in [3.05, 3.63) is 35.4 Å². The maximum atomic E-state index is 6.11. The molecule has 0 aliphatic carbocycles. The van der Waals surface area contributed by atoms with Gasteiger partial charge in [-0.25, -0.2) is 0 Å². The second kappa shape index (κ2) is 6.91. The molecule has 1 atom stereocenters. The Kier molecular flexibility index (Phi) is 5.81. The number of rotatable bonds is 6. The lowest BCUT2D eigenvalue weighted by Crippen LogP contribution is -2.23. The first-order valence-corrected chi connectivity index (χ1v) is 6.92. The second-order valence-electron chi connectivity index (χ2n) is 4.03. The van der Waals surface area contributed by atoms with Crippen LogP contribution in [0.4, 0.5) is 0 Å². The van der Waals surface area contributed by atoms with E-state index >= 15 is 0 Å². The van der Waals surface area contributed by atoms with Gasteiger partial charge in [0.15, 0.2) is 0 Å². The Hall–Kier alpha value is -0.470. The Bertz CT molecular complexity index is 286. The van der Waals surface area contributed by atoms with Crippen LogP contribution in [0.2, 0.25) is 0 Å². The third-order valence-corrected chi connectivity index (χ3v) is 3.36. The highest BCUT2D eigenvalue weighted by Crippen LogP contribution is 2.11. The summed E-state index contributed by atoms with van der Waals surface area (Å²) >= 11 is 1.90. The van der Waals surface area contributed by atoms with Gasteiger partial charge in [0.2, 0.25) is 0 Å². The molecule has 0 heterocycles. The van der Waals surface area contributed by atoms with Crippen LogP contribution in [0.5, 0.6) is 0 Å². The van der Waals surface area contributed by atoms with Crippen LogP contribution >= 0.6 is 11.8 Å². The maximum Gasteiger partial charge on any atom is 0.00797 e. The zero-order valence-electron chi connectivity index (χ0n) is 9.70. The molecule has 0 spiro atoms. The van der Waals surface area contributed by atoms with E-state index in [-0.39, 0.29) is 0 Å². The van der Waals surface area contributed by atoms with Gasteiger partial charge in [0.1, 0.15) is 0 Å². The van der Waals surface area contributed by atoms with E-state index in [1.807, 2.05) is 11.8 Å². The topological polar surface area (TPSA) is 26.0 Å². The summed E-state index contributed by atoms with van der Waals surface area (Å²) in [5.41, 5.74) is 8.86. The van der Waals surface area contributed by atoms with Gasteiger partial charge in [-0.3, -0.25) is 0 Å². The summed E-state index contributed by atoms with van der Waals surface area (Å²) in [5.74, 6) is 1.22. The fourth-order valence-electron chi connectivity index (χ4n) is 1.71. The molecule has 0 aromatic heterocycles. The fraction of sp³-hybridized carbons (Fsp3) is 0.538. The average Bonchev–Trinajstić information content (AvgIpc) is 2.22. The predicted molar refractivity (Wildman–Crippen MR) is 70.5 cm³/mol. The summed E-state index contributed by atoms with van der Waals surface area (Å²) in [5, 5.41) is 0. The molecule has 1 rings (SSSR count). The smallest absolute Gasteiger partial charge is 0.00797 e. The van der Waals surface area contributed by atoms with Crippen molar-refractivity contribution < 1.29 is 0 Å². The number of aryl methyl sites for hydroxylation is 1. The lowest BCUT2D eigenvalue weighted by atomic mass is 9.99. The van der Waals surface area contributed by atoms with Gasteiger partial charge in [0.05, 0.1) is 0 Å². The van der Waals surface area contributed by atoms with E-state index in [9.17, 15) is 0 Å². The lowest BCUT2D eigenvalue weighted by molar-refractivity contribution is 0.602. The Balaban J connectivity index is 2.37. The molecule has 2 heteroatoms. The van der Waals surface area contributed by atoms with E-state index in [0.29, 0.717) is 6.04 Å². The number of nitrogens with two attached hydrogens (primary N) is 1.